The van der Waals surface area contributed by atoms with E-state index in [0.29, 0.717) is 11.9 Å². The van der Waals surface area contributed by atoms with Crippen LogP contribution in [0.3, 0.4) is 0 Å². The summed E-state index contributed by atoms with van der Waals surface area (Å²) in [6.45, 7) is 0. The van der Waals surface area contributed by atoms with Crippen LogP contribution in [0.5, 0.6) is 0 Å². The van der Waals surface area contributed by atoms with Crippen molar-refractivity contribution in [2.45, 2.75) is 25.3 Å². The first-order chi connectivity index (χ1) is 4.70. The molecule has 1 aliphatic carbocycles. The molecule has 10 heavy (non-hydrogen) atoms. The van der Waals surface area contributed by atoms with E-state index in [1.54, 1.807) is 0 Å². The van der Waals surface area contributed by atoms with E-state index in [1.807, 2.05) is 6.08 Å². The minimum Gasteiger partial charge on any atom is -0.423 e. The second-order valence-electron chi connectivity index (χ2n) is 2.69. The van der Waals surface area contributed by atoms with E-state index >= 15 is 0 Å². The lowest BCUT2D eigenvalue weighted by atomic mass is 9.72. The molecule has 0 bridgehead atoms. The number of hydrogen-bond donors (Lipinski definition) is 3. The molecular formula is C6H12BNO2. The first-order valence-electron chi connectivity index (χ1n) is 3.51. The van der Waals surface area contributed by atoms with Crippen molar-refractivity contribution < 1.29 is 10.0 Å². The quantitative estimate of drug-likeness (QED) is 0.428. The lowest BCUT2D eigenvalue weighted by molar-refractivity contribution is 0.411. The zero-order valence-electron chi connectivity index (χ0n) is 5.83. The molecule has 0 fully saturated rings. The van der Waals surface area contributed by atoms with Crippen molar-refractivity contribution in [1.29, 1.82) is 0 Å². The molecule has 0 saturated carbocycles. The van der Waals surface area contributed by atoms with Crippen LogP contribution in [0.1, 0.15) is 19.3 Å². The Kier molecular flexibility index (Phi) is 2.48. The van der Waals surface area contributed by atoms with Gasteiger partial charge >= 0.3 is 7.12 Å². The Hall–Kier alpha value is -0.315. The predicted molar refractivity (Wildman–Crippen MR) is 40.1 cm³/mol. The lowest BCUT2D eigenvalue weighted by Crippen LogP contribution is -2.28. The van der Waals surface area contributed by atoms with Crippen molar-refractivity contribution in [3.05, 3.63) is 11.5 Å². The van der Waals surface area contributed by atoms with Crippen molar-refractivity contribution in [1.82, 2.24) is 0 Å². The molecule has 0 heterocycles. The van der Waals surface area contributed by atoms with Crippen LogP contribution in [0.15, 0.2) is 11.5 Å². The van der Waals surface area contributed by atoms with Gasteiger partial charge in [0.1, 0.15) is 0 Å². The number of rotatable bonds is 1. The molecule has 4 N–H and O–H groups in total. The molecule has 0 aromatic carbocycles. The van der Waals surface area contributed by atoms with Gasteiger partial charge in [0.25, 0.3) is 0 Å². The topological polar surface area (TPSA) is 66.5 Å². The average Bonchev–Trinajstić information content (AvgIpc) is 1.88. The largest absolute Gasteiger partial charge is 0.483 e. The van der Waals surface area contributed by atoms with Crippen molar-refractivity contribution in [3.8, 4) is 0 Å². The van der Waals surface area contributed by atoms with Gasteiger partial charge in [-0.15, -0.1) is 0 Å². The normalized spacial score (nSPS) is 25.9. The molecule has 0 aliphatic heterocycles. The minimum atomic E-state index is -1.30. The lowest BCUT2D eigenvalue weighted by Gasteiger charge is -2.17. The third-order valence-corrected chi connectivity index (χ3v) is 1.77. The van der Waals surface area contributed by atoms with Gasteiger partial charge in [-0.3, -0.25) is 0 Å². The fourth-order valence-corrected chi connectivity index (χ4v) is 1.18. The van der Waals surface area contributed by atoms with E-state index in [1.165, 1.54) is 0 Å². The molecule has 56 valence electrons. The van der Waals surface area contributed by atoms with Crippen LogP contribution in [-0.4, -0.2) is 23.2 Å². The zero-order chi connectivity index (χ0) is 7.56. The average molecular weight is 141 g/mol. The molecule has 0 amide bonds. The molecule has 0 spiro atoms. The van der Waals surface area contributed by atoms with Gasteiger partial charge in [0.05, 0.1) is 0 Å². The van der Waals surface area contributed by atoms with Gasteiger partial charge in [-0.05, 0) is 24.7 Å². The van der Waals surface area contributed by atoms with E-state index in [2.05, 4.69) is 0 Å². The summed E-state index contributed by atoms with van der Waals surface area (Å²) in [5.74, 6) is 0. The van der Waals surface area contributed by atoms with E-state index in [4.69, 9.17) is 15.8 Å². The third kappa shape index (κ3) is 1.83. The Morgan fingerprint density at radius 2 is 2.30 bits per heavy atom. The van der Waals surface area contributed by atoms with Gasteiger partial charge in [-0.1, -0.05) is 6.08 Å². The van der Waals surface area contributed by atoms with Crippen molar-refractivity contribution in [2.75, 3.05) is 0 Å². The van der Waals surface area contributed by atoms with E-state index < -0.39 is 7.12 Å². The van der Waals surface area contributed by atoms with Crippen LogP contribution >= 0.6 is 0 Å². The maximum atomic E-state index is 8.73. The van der Waals surface area contributed by atoms with Gasteiger partial charge < -0.3 is 15.8 Å². The van der Waals surface area contributed by atoms with Gasteiger partial charge in [0.2, 0.25) is 0 Å². The molecule has 1 atom stereocenters. The Bertz CT molecular complexity index is 147. The maximum absolute atomic E-state index is 8.73. The van der Waals surface area contributed by atoms with E-state index in [0.717, 1.165) is 12.8 Å². The molecule has 0 aromatic rings. The number of nitrogens with two attached hydrogens (primary N) is 1. The molecule has 0 radical (unpaired) electrons. The first kappa shape index (κ1) is 7.79. The second-order valence-corrected chi connectivity index (χ2v) is 2.69. The van der Waals surface area contributed by atoms with Crippen LogP contribution in [-0.2, 0) is 0 Å². The zero-order valence-corrected chi connectivity index (χ0v) is 5.83. The standard InChI is InChI=1S/C6H12BNO2/c8-6-3-1-2-5(4-6)7(9)10/h2,6,9-10H,1,3-4,8H2. The maximum Gasteiger partial charge on any atom is 0.483 e. The summed E-state index contributed by atoms with van der Waals surface area (Å²) in [5, 5.41) is 17.5. The fraction of sp³-hybridized carbons (Fsp3) is 0.667. The highest BCUT2D eigenvalue weighted by Crippen LogP contribution is 2.16. The second kappa shape index (κ2) is 3.19. The van der Waals surface area contributed by atoms with Gasteiger partial charge in [-0.2, -0.15) is 0 Å². The number of hydrogen-bond acceptors (Lipinski definition) is 3. The monoisotopic (exact) mass is 141 g/mol. The van der Waals surface area contributed by atoms with Gasteiger partial charge in [0, 0.05) is 6.04 Å². The van der Waals surface area contributed by atoms with Crippen molar-refractivity contribution in [3.63, 3.8) is 0 Å². The van der Waals surface area contributed by atoms with Crippen molar-refractivity contribution >= 4 is 7.12 Å². The summed E-state index contributed by atoms with van der Waals surface area (Å²) in [6.07, 6.45) is 4.30. The molecular weight excluding hydrogens is 129 g/mol. The highest BCUT2D eigenvalue weighted by molar-refractivity contribution is 6.50. The van der Waals surface area contributed by atoms with Crippen molar-refractivity contribution in [2.24, 2.45) is 5.73 Å². The minimum absolute atomic E-state index is 0.113. The summed E-state index contributed by atoms with van der Waals surface area (Å²) in [4.78, 5) is 0. The van der Waals surface area contributed by atoms with E-state index in [-0.39, 0.29) is 6.04 Å². The highest BCUT2D eigenvalue weighted by Gasteiger charge is 2.19. The third-order valence-electron chi connectivity index (χ3n) is 1.77. The summed E-state index contributed by atoms with van der Waals surface area (Å²) >= 11 is 0. The van der Waals surface area contributed by atoms with E-state index in [9.17, 15) is 0 Å². The molecule has 1 unspecified atom stereocenters. The van der Waals surface area contributed by atoms with Crippen LogP contribution in [0.4, 0.5) is 0 Å². The van der Waals surface area contributed by atoms with Crippen LogP contribution in [0.2, 0.25) is 0 Å². The van der Waals surface area contributed by atoms with Gasteiger partial charge in [-0.25, -0.2) is 0 Å². The van der Waals surface area contributed by atoms with Crippen LogP contribution in [0.25, 0.3) is 0 Å². The Balaban J connectivity index is 2.51. The smallest absolute Gasteiger partial charge is 0.423 e. The molecule has 4 heteroatoms. The molecule has 1 aliphatic rings. The van der Waals surface area contributed by atoms with Gasteiger partial charge in [0.15, 0.2) is 0 Å². The molecule has 0 saturated heterocycles. The Labute approximate surface area is 60.7 Å². The predicted octanol–water partition coefficient (Wildman–Crippen LogP) is -0.564. The Morgan fingerprint density at radius 1 is 1.60 bits per heavy atom. The molecule has 0 aromatic heterocycles. The molecule has 1 rings (SSSR count). The van der Waals surface area contributed by atoms with Crippen LogP contribution < -0.4 is 5.73 Å². The first-order valence-corrected chi connectivity index (χ1v) is 3.51. The molecule has 3 nitrogen and oxygen atoms in total. The Morgan fingerprint density at radius 3 is 2.70 bits per heavy atom. The number of allylic oxidation sites excluding steroid dienone is 1. The summed E-state index contributed by atoms with van der Waals surface area (Å²) < 4.78 is 0. The summed E-state index contributed by atoms with van der Waals surface area (Å²) in [5.41, 5.74) is 6.27. The SMILES string of the molecule is NC1CCC=C(B(O)O)C1. The van der Waals surface area contributed by atoms with Crippen LogP contribution in [0, 0.1) is 0 Å². The fourth-order valence-electron chi connectivity index (χ4n) is 1.18. The summed E-state index contributed by atoms with van der Waals surface area (Å²) in [7, 11) is -1.30. The highest BCUT2D eigenvalue weighted by atomic mass is 16.4. The summed E-state index contributed by atoms with van der Waals surface area (Å²) in [6, 6.07) is 0.113.